The minimum absolute atomic E-state index is 0.0606. The molecule has 0 radical (unpaired) electrons. The van der Waals surface area contributed by atoms with Crippen LogP contribution < -0.4 is 22.1 Å². The highest BCUT2D eigenvalue weighted by molar-refractivity contribution is 5.83. The number of carbonyl (C=O) groups is 3. The van der Waals surface area contributed by atoms with Gasteiger partial charge < -0.3 is 41.9 Å². The smallest absolute Gasteiger partial charge is 0.328 e. The molecule has 0 aliphatic carbocycles. The second-order valence-corrected chi connectivity index (χ2v) is 6.54. The first-order chi connectivity index (χ1) is 13.6. The highest BCUT2D eigenvalue weighted by atomic mass is 16.5. The molecule has 0 aliphatic rings. The van der Waals surface area contributed by atoms with Gasteiger partial charge in [-0.2, -0.15) is 4.98 Å². The number of carbonyl (C=O) groups excluding carboxylic acids is 1. The lowest BCUT2D eigenvalue weighted by molar-refractivity contribution is -0.141. The van der Waals surface area contributed by atoms with Crippen LogP contribution in [0.25, 0.3) is 0 Å². The van der Waals surface area contributed by atoms with Gasteiger partial charge >= 0.3 is 18.0 Å². The number of hydrogen-bond donors (Lipinski definition) is 7. The van der Waals surface area contributed by atoms with Crippen molar-refractivity contribution in [3.63, 3.8) is 0 Å². The number of nitrogens with zero attached hydrogens (tertiary/aromatic N) is 2. The number of nitrogens with one attached hydrogen (secondary N) is 2. The number of unbranched alkanes of at least 4 members (excludes halogenated alkanes) is 1. The molecule has 1 aromatic rings. The second kappa shape index (κ2) is 11.9. The van der Waals surface area contributed by atoms with Crippen LogP contribution in [0.15, 0.2) is 4.52 Å². The van der Waals surface area contributed by atoms with Crippen molar-refractivity contribution >= 4 is 18.0 Å². The van der Waals surface area contributed by atoms with Gasteiger partial charge in [-0.3, -0.25) is 4.79 Å². The molecule has 1 rings (SSSR count). The van der Waals surface area contributed by atoms with E-state index in [4.69, 9.17) is 26.2 Å². The Morgan fingerprint density at radius 1 is 1.17 bits per heavy atom. The number of hydrogen-bond acceptors (Lipinski definition) is 9. The lowest BCUT2D eigenvalue weighted by Crippen LogP contribution is -2.51. The number of amides is 2. The summed E-state index contributed by atoms with van der Waals surface area (Å²) in [6.07, 6.45) is 0.370. The number of aliphatic hydroxyl groups is 1. The van der Waals surface area contributed by atoms with E-state index in [0.717, 1.165) is 12.8 Å². The van der Waals surface area contributed by atoms with E-state index in [1.807, 2.05) is 0 Å². The topological polar surface area (TPSA) is 227 Å². The van der Waals surface area contributed by atoms with Crippen molar-refractivity contribution in [3.8, 4) is 0 Å². The van der Waals surface area contributed by atoms with Gasteiger partial charge in [-0.25, -0.2) is 9.59 Å². The monoisotopic (exact) mass is 416 g/mol. The first-order valence-electron chi connectivity index (χ1n) is 9.14. The van der Waals surface area contributed by atoms with Gasteiger partial charge in [-0.1, -0.05) is 11.6 Å². The molecule has 1 aromatic heterocycles. The zero-order valence-corrected chi connectivity index (χ0v) is 16.1. The Kier molecular flexibility index (Phi) is 9.99. The number of nitrogens with two attached hydrogens (primary N) is 2. The summed E-state index contributed by atoms with van der Waals surface area (Å²) in [5.74, 6) is -2.40. The molecule has 9 N–H and O–H groups in total. The number of carboxylic acid groups (broad SMARTS) is 2. The third-order valence-electron chi connectivity index (χ3n) is 4.04. The molecule has 0 bridgehead atoms. The van der Waals surface area contributed by atoms with E-state index in [-0.39, 0.29) is 24.6 Å². The lowest BCUT2D eigenvalue weighted by Gasteiger charge is -2.20. The summed E-state index contributed by atoms with van der Waals surface area (Å²) in [6.45, 7) is 1.74. The van der Waals surface area contributed by atoms with Gasteiger partial charge in [0.05, 0.1) is 12.1 Å². The van der Waals surface area contributed by atoms with Crippen LogP contribution >= 0.6 is 0 Å². The summed E-state index contributed by atoms with van der Waals surface area (Å²) in [7, 11) is 0. The fraction of sp³-hybridized carbons (Fsp3) is 0.688. The average molecular weight is 416 g/mol. The van der Waals surface area contributed by atoms with E-state index in [9.17, 15) is 19.5 Å². The third-order valence-corrected chi connectivity index (χ3v) is 4.04. The van der Waals surface area contributed by atoms with Crippen LogP contribution in [0.2, 0.25) is 0 Å². The number of aromatic nitrogens is 2. The van der Waals surface area contributed by atoms with Crippen LogP contribution in [0, 0.1) is 0 Å². The summed E-state index contributed by atoms with van der Waals surface area (Å²) < 4.78 is 5.12. The molecule has 1 heterocycles. The number of urea groups is 1. The van der Waals surface area contributed by atoms with E-state index in [0.29, 0.717) is 13.0 Å². The molecular formula is C16H28N6O7. The Bertz CT molecular complexity index is 680. The summed E-state index contributed by atoms with van der Waals surface area (Å²) >= 11 is 0. The van der Waals surface area contributed by atoms with E-state index < -0.39 is 42.2 Å². The maximum atomic E-state index is 12.1. The first kappa shape index (κ1) is 24.3. The highest BCUT2D eigenvalue weighted by Crippen LogP contribution is 2.20. The minimum Gasteiger partial charge on any atom is -0.481 e. The second-order valence-electron chi connectivity index (χ2n) is 6.54. The summed E-state index contributed by atoms with van der Waals surface area (Å²) in [4.78, 5) is 38.3. The molecule has 0 aliphatic heterocycles. The molecule has 0 saturated carbocycles. The standard InChI is InChI=1S/C16H28N6O7/c1-8(23)12(15(26)27)20-16(28)19-10(5-6-11(24)25)14-21-13(22-29-14)9(18)4-2-3-7-17/h8-10,12,23H,2-7,17-18H2,1H3,(H,24,25)(H,26,27)(H2,19,20,28)/t8?,9-,10-,12?/m0/s1. The van der Waals surface area contributed by atoms with Gasteiger partial charge in [-0.05, 0) is 32.7 Å². The Balaban J connectivity index is 2.86. The molecule has 13 heteroatoms. The number of rotatable bonds is 13. The SMILES string of the molecule is CC(O)C(NC(=O)N[C@@H](CCC(=O)O)c1nc([C@@H](N)CCCCN)no1)C(=O)O. The van der Waals surface area contributed by atoms with Crippen molar-refractivity contribution in [1.82, 2.24) is 20.8 Å². The predicted molar refractivity (Wildman–Crippen MR) is 98.5 cm³/mol. The molecule has 29 heavy (non-hydrogen) atoms. The van der Waals surface area contributed by atoms with Crippen molar-refractivity contribution in [2.75, 3.05) is 6.54 Å². The van der Waals surface area contributed by atoms with E-state index in [1.54, 1.807) is 0 Å². The Labute approximate surface area is 166 Å². The van der Waals surface area contributed by atoms with Crippen molar-refractivity contribution in [1.29, 1.82) is 0 Å². The number of aliphatic carboxylic acids is 2. The van der Waals surface area contributed by atoms with Gasteiger partial charge in [-0.15, -0.1) is 0 Å². The van der Waals surface area contributed by atoms with E-state index in [2.05, 4.69) is 20.8 Å². The molecule has 2 amide bonds. The van der Waals surface area contributed by atoms with Crippen LogP contribution in [0.5, 0.6) is 0 Å². The summed E-state index contributed by atoms with van der Waals surface area (Å²) in [5.41, 5.74) is 11.4. The molecule has 164 valence electrons. The Morgan fingerprint density at radius 3 is 2.41 bits per heavy atom. The van der Waals surface area contributed by atoms with Crippen molar-refractivity contribution < 1.29 is 34.2 Å². The van der Waals surface area contributed by atoms with Crippen LogP contribution in [-0.2, 0) is 9.59 Å². The molecule has 0 spiro atoms. The zero-order valence-electron chi connectivity index (χ0n) is 16.1. The van der Waals surface area contributed by atoms with Gasteiger partial charge in [0.2, 0.25) is 5.89 Å². The van der Waals surface area contributed by atoms with Gasteiger partial charge in [0.25, 0.3) is 0 Å². The molecular weight excluding hydrogens is 388 g/mol. The number of carboxylic acids is 2. The van der Waals surface area contributed by atoms with Gasteiger partial charge in [0.15, 0.2) is 11.9 Å². The zero-order chi connectivity index (χ0) is 22.0. The first-order valence-corrected chi connectivity index (χ1v) is 9.14. The van der Waals surface area contributed by atoms with Crippen molar-refractivity contribution in [2.45, 2.75) is 63.3 Å². The molecule has 2 unspecified atom stereocenters. The molecule has 0 aromatic carbocycles. The number of aliphatic hydroxyl groups excluding tert-OH is 1. The fourth-order valence-electron chi connectivity index (χ4n) is 2.43. The van der Waals surface area contributed by atoms with Crippen LogP contribution in [0.3, 0.4) is 0 Å². The molecule has 0 saturated heterocycles. The maximum absolute atomic E-state index is 12.1. The summed E-state index contributed by atoms with van der Waals surface area (Å²) in [6, 6.07) is -4.00. The van der Waals surface area contributed by atoms with E-state index >= 15 is 0 Å². The van der Waals surface area contributed by atoms with Crippen molar-refractivity contribution in [2.24, 2.45) is 11.5 Å². The highest BCUT2D eigenvalue weighted by Gasteiger charge is 2.28. The average Bonchev–Trinajstić information content (AvgIpc) is 3.12. The summed E-state index contributed by atoms with van der Waals surface area (Å²) in [5, 5.41) is 35.6. The minimum atomic E-state index is -1.55. The van der Waals surface area contributed by atoms with Gasteiger partial charge in [0.1, 0.15) is 6.04 Å². The maximum Gasteiger partial charge on any atom is 0.328 e. The molecule has 0 fully saturated rings. The van der Waals surface area contributed by atoms with Gasteiger partial charge in [0, 0.05) is 6.42 Å². The van der Waals surface area contributed by atoms with Crippen LogP contribution in [0.1, 0.15) is 62.8 Å². The largest absolute Gasteiger partial charge is 0.481 e. The fourth-order valence-corrected chi connectivity index (χ4v) is 2.43. The molecule has 4 atom stereocenters. The lowest BCUT2D eigenvalue weighted by atomic mass is 10.1. The third kappa shape index (κ3) is 8.41. The normalized spacial score (nSPS) is 15.2. The van der Waals surface area contributed by atoms with E-state index in [1.165, 1.54) is 6.92 Å². The Morgan fingerprint density at radius 2 is 1.86 bits per heavy atom. The van der Waals surface area contributed by atoms with Crippen LogP contribution in [0.4, 0.5) is 4.79 Å². The van der Waals surface area contributed by atoms with Crippen molar-refractivity contribution in [3.05, 3.63) is 11.7 Å². The quantitative estimate of drug-likeness (QED) is 0.198. The molecule has 13 nitrogen and oxygen atoms in total. The predicted octanol–water partition coefficient (Wildman–Crippen LogP) is -0.762. The Hall–Kier alpha value is -2.77. The van der Waals surface area contributed by atoms with Crippen LogP contribution in [-0.4, -0.2) is 62.1 Å².